The van der Waals surface area contributed by atoms with Gasteiger partial charge in [-0.1, -0.05) is 19.8 Å². The minimum absolute atomic E-state index is 0.593. The molecule has 0 aromatic heterocycles. The second-order valence-electron chi connectivity index (χ2n) is 2.72. The molecule has 10 heavy (non-hydrogen) atoms. The van der Waals surface area contributed by atoms with E-state index < -0.39 is 0 Å². The first-order valence-electron chi connectivity index (χ1n) is 4.04. The van der Waals surface area contributed by atoms with Crippen molar-refractivity contribution in [1.82, 2.24) is 5.32 Å². The predicted octanol–water partition coefficient (Wildman–Crippen LogP) is 0.979. The molecular weight excluding hydrogens is 126 g/mol. The molecule has 2 nitrogen and oxygen atoms in total. The average molecular weight is 142 g/mol. The fourth-order valence-electron chi connectivity index (χ4n) is 1.20. The van der Waals surface area contributed by atoms with E-state index in [1.54, 1.807) is 0 Å². The van der Waals surface area contributed by atoms with Crippen LogP contribution in [0.15, 0.2) is 0 Å². The standard InChI is InChI=1S/C8H16NO/c1-2-3-4-8-7-10-6-5-9-8/h8-9H,1-7H2. The second-order valence-corrected chi connectivity index (χ2v) is 2.72. The molecule has 1 unspecified atom stereocenters. The number of hydrogen-bond donors (Lipinski definition) is 1. The molecule has 1 N–H and O–H groups in total. The first-order valence-corrected chi connectivity index (χ1v) is 4.04. The van der Waals surface area contributed by atoms with Crippen LogP contribution < -0.4 is 5.32 Å². The maximum atomic E-state index is 5.30. The largest absolute Gasteiger partial charge is 0.379 e. The van der Waals surface area contributed by atoms with E-state index >= 15 is 0 Å². The van der Waals surface area contributed by atoms with Crippen molar-refractivity contribution in [2.24, 2.45) is 0 Å². The third kappa shape index (κ3) is 2.67. The predicted molar refractivity (Wildman–Crippen MR) is 41.8 cm³/mol. The molecule has 0 aromatic carbocycles. The van der Waals surface area contributed by atoms with E-state index in [4.69, 9.17) is 4.74 Å². The zero-order valence-electron chi connectivity index (χ0n) is 6.44. The quantitative estimate of drug-likeness (QED) is 0.634. The van der Waals surface area contributed by atoms with Gasteiger partial charge in [-0.2, -0.15) is 0 Å². The van der Waals surface area contributed by atoms with Gasteiger partial charge in [0.2, 0.25) is 0 Å². The van der Waals surface area contributed by atoms with Crippen LogP contribution in [-0.2, 0) is 4.74 Å². The molecule has 0 aliphatic carbocycles. The summed E-state index contributed by atoms with van der Waals surface area (Å²) in [6, 6.07) is 0.593. The molecule has 2 heteroatoms. The van der Waals surface area contributed by atoms with E-state index in [1.165, 1.54) is 12.8 Å². The monoisotopic (exact) mass is 142 g/mol. The summed E-state index contributed by atoms with van der Waals surface area (Å²) in [6.45, 7) is 6.58. The molecule has 1 aliphatic heterocycles. The smallest absolute Gasteiger partial charge is 0.0620 e. The van der Waals surface area contributed by atoms with Crippen LogP contribution in [0.5, 0.6) is 0 Å². The molecule has 1 heterocycles. The van der Waals surface area contributed by atoms with Gasteiger partial charge >= 0.3 is 0 Å². The van der Waals surface area contributed by atoms with Crippen LogP contribution in [0.4, 0.5) is 0 Å². The molecule has 0 spiro atoms. The molecule has 0 bridgehead atoms. The van der Waals surface area contributed by atoms with Crippen LogP contribution in [0.1, 0.15) is 19.3 Å². The first kappa shape index (κ1) is 8.02. The van der Waals surface area contributed by atoms with Gasteiger partial charge in [-0.05, 0) is 6.42 Å². The Kier molecular flexibility index (Phi) is 3.76. The first-order chi connectivity index (χ1) is 4.93. The summed E-state index contributed by atoms with van der Waals surface area (Å²) in [5.74, 6) is 0. The molecule has 1 atom stereocenters. The van der Waals surface area contributed by atoms with Crippen LogP contribution in [0, 0.1) is 6.92 Å². The molecule has 1 radical (unpaired) electrons. The van der Waals surface area contributed by atoms with Gasteiger partial charge in [0.25, 0.3) is 0 Å². The van der Waals surface area contributed by atoms with E-state index in [9.17, 15) is 0 Å². The van der Waals surface area contributed by atoms with Gasteiger partial charge in [-0.3, -0.25) is 0 Å². The number of hydrogen-bond acceptors (Lipinski definition) is 2. The number of nitrogens with one attached hydrogen (secondary N) is 1. The Morgan fingerprint density at radius 3 is 3.10 bits per heavy atom. The topological polar surface area (TPSA) is 21.3 Å². The Morgan fingerprint density at radius 1 is 1.60 bits per heavy atom. The fraction of sp³-hybridized carbons (Fsp3) is 0.875. The summed E-state index contributed by atoms with van der Waals surface area (Å²) >= 11 is 0. The van der Waals surface area contributed by atoms with Gasteiger partial charge in [0.1, 0.15) is 0 Å². The van der Waals surface area contributed by atoms with E-state index in [2.05, 4.69) is 12.2 Å². The zero-order valence-corrected chi connectivity index (χ0v) is 6.44. The van der Waals surface area contributed by atoms with Crippen molar-refractivity contribution in [3.8, 4) is 0 Å². The number of rotatable bonds is 3. The summed E-state index contributed by atoms with van der Waals surface area (Å²) in [5.41, 5.74) is 0. The van der Waals surface area contributed by atoms with Gasteiger partial charge in [0, 0.05) is 12.6 Å². The lowest BCUT2D eigenvalue weighted by atomic mass is 10.1. The van der Waals surface area contributed by atoms with Crippen molar-refractivity contribution in [1.29, 1.82) is 0 Å². The van der Waals surface area contributed by atoms with Crippen molar-refractivity contribution < 1.29 is 4.74 Å². The third-order valence-electron chi connectivity index (χ3n) is 1.80. The van der Waals surface area contributed by atoms with Crippen molar-refractivity contribution in [2.45, 2.75) is 25.3 Å². The van der Waals surface area contributed by atoms with Gasteiger partial charge in [0.15, 0.2) is 0 Å². The maximum absolute atomic E-state index is 5.30. The Balaban J connectivity index is 2.02. The van der Waals surface area contributed by atoms with Crippen LogP contribution >= 0.6 is 0 Å². The highest BCUT2D eigenvalue weighted by Crippen LogP contribution is 2.02. The van der Waals surface area contributed by atoms with Crippen molar-refractivity contribution >= 4 is 0 Å². The summed E-state index contributed by atoms with van der Waals surface area (Å²) in [4.78, 5) is 0. The molecule has 1 fully saturated rings. The van der Waals surface area contributed by atoms with Gasteiger partial charge in [0.05, 0.1) is 13.2 Å². The van der Waals surface area contributed by atoms with Crippen molar-refractivity contribution in [3.05, 3.63) is 6.92 Å². The highest BCUT2D eigenvalue weighted by atomic mass is 16.5. The summed E-state index contributed by atoms with van der Waals surface area (Å²) in [7, 11) is 0. The zero-order chi connectivity index (χ0) is 7.23. The average Bonchev–Trinajstić information content (AvgIpc) is 2.03. The Bertz CT molecular complexity index is 79.3. The van der Waals surface area contributed by atoms with Crippen LogP contribution in [0.25, 0.3) is 0 Å². The van der Waals surface area contributed by atoms with Crippen molar-refractivity contribution in [3.63, 3.8) is 0 Å². The van der Waals surface area contributed by atoms with Crippen LogP contribution in [0.2, 0.25) is 0 Å². The number of morpholine rings is 1. The molecule has 59 valence electrons. The molecular formula is C8H16NO. The Hall–Kier alpha value is -0.0800. The van der Waals surface area contributed by atoms with E-state index in [0.717, 1.165) is 26.2 Å². The summed E-state index contributed by atoms with van der Waals surface area (Å²) in [5, 5.41) is 3.40. The summed E-state index contributed by atoms with van der Waals surface area (Å²) < 4.78 is 5.30. The fourth-order valence-corrected chi connectivity index (χ4v) is 1.20. The van der Waals surface area contributed by atoms with Gasteiger partial charge < -0.3 is 10.1 Å². The Labute approximate surface area is 63.0 Å². The lowest BCUT2D eigenvalue weighted by molar-refractivity contribution is 0.0736. The normalized spacial score (nSPS) is 26.7. The molecule has 0 amide bonds. The summed E-state index contributed by atoms with van der Waals surface area (Å²) in [6.07, 6.45) is 3.46. The number of ether oxygens (including phenoxy) is 1. The molecule has 1 saturated heterocycles. The number of unbranched alkanes of at least 4 members (excludes halogenated alkanes) is 1. The molecule has 1 rings (SSSR count). The SMILES string of the molecule is [CH2]CCCC1COCCN1. The minimum atomic E-state index is 0.593. The molecule has 0 aromatic rings. The van der Waals surface area contributed by atoms with E-state index in [-0.39, 0.29) is 0 Å². The maximum Gasteiger partial charge on any atom is 0.0620 e. The van der Waals surface area contributed by atoms with Crippen LogP contribution in [0.3, 0.4) is 0 Å². The lowest BCUT2D eigenvalue weighted by Gasteiger charge is -2.23. The van der Waals surface area contributed by atoms with Gasteiger partial charge in [-0.25, -0.2) is 0 Å². The highest BCUT2D eigenvalue weighted by molar-refractivity contribution is 4.69. The lowest BCUT2D eigenvalue weighted by Crippen LogP contribution is -2.40. The van der Waals surface area contributed by atoms with Crippen LogP contribution in [-0.4, -0.2) is 25.8 Å². The molecule has 1 aliphatic rings. The van der Waals surface area contributed by atoms with E-state index in [0.29, 0.717) is 6.04 Å². The third-order valence-corrected chi connectivity index (χ3v) is 1.80. The van der Waals surface area contributed by atoms with Gasteiger partial charge in [-0.15, -0.1) is 0 Å². The van der Waals surface area contributed by atoms with Crippen molar-refractivity contribution in [2.75, 3.05) is 19.8 Å². The second kappa shape index (κ2) is 4.69. The van der Waals surface area contributed by atoms with E-state index in [1.807, 2.05) is 0 Å². The highest BCUT2D eigenvalue weighted by Gasteiger charge is 2.10. The minimum Gasteiger partial charge on any atom is -0.379 e. The molecule has 0 saturated carbocycles. The Morgan fingerprint density at radius 2 is 2.50 bits per heavy atom.